The van der Waals surface area contributed by atoms with Crippen molar-refractivity contribution < 1.29 is 4.42 Å². The molecule has 7 rings (SSSR count). The van der Waals surface area contributed by atoms with E-state index in [2.05, 4.69) is 94.4 Å². The SMILES string of the molecule is CC(C)c1cccc2c3c(oc12)-c1cccc(-c2cc4c(cn2)sc2ccccc24)c1C3(C)C. The third-order valence-electron chi connectivity index (χ3n) is 7.47. The topological polar surface area (TPSA) is 26.0 Å². The first kappa shape index (κ1) is 20.0. The molecular weight excluding hydrogens is 434 g/mol. The largest absolute Gasteiger partial charge is 0.455 e. The van der Waals surface area contributed by atoms with Gasteiger partial charge in [0.25, 0.3) is 0 Å². The number of thiophene rings is 1. The second-order valence-electron chi connectivity index (χ2n) is 10.2. The maximum absolute atomic E-state index is 6.65. The first-order chi connectivity index (χ1) is 16.4. The number of para-hydroxylation sites is 1. The number of pyridine rings is 1. The van der Waals surface area contributed by atoms with Crippen molar-refractivity contribution in [2.75, 3.05) is 0 Å². The molecule has 0 radical (unpaired) electrons. The number of fused-ring (bicyclic) bond motifs is 8. The summed E-state index contributed by atoms with van der Waals surface area (Å²) in [4.78, 5) is 4.94. The minimum absolute atomic E-state index is 0.185. The third kappa shape index (κ3) is 2.53. The molecule has 166 valence electrons. The Morgan fingerprint density at radius 3 is 2.41 bits per heavy atom. The van der Waals surface area contributed by atoms with Gasteiger partial charge in [0.2, 0.25) is 0 Å². The molecule has 1 aliphatic rings. The van der Waals surface area contributed by atoms with Crippen LogP contribution in [-0.4, -0.2) is 4.98 Å². The molecule has 0 aliphatic heterocycles. The van der Waals surface area contributed by atoms with E-state index in [1.165, 1.54) is 53.4 Å². The summed E-state index contributed by atoms with van der Waals surface area (Å²) in [5.74, 6) is 1.44. The van der Waals surface area contributed by atoms with E-state index in [1.54, 1.807) is 0 Å². The van der Waals surface area contributed by atoms with Gasteiger partial charge in [0.15, 0.2) is 0 Å². The molecule has 3 heteroatoms. The maximum atomic E-state index is 6.65. The van der Waals surface area contributed by atoms with Crippen LogP contribution >= 0.6 is 11.3 Å². The Bertz CT molecular complexity index is 1770. The van der Waals surface area contributed by atoms with Crippen molar-refractivity contribution in [1.82, 2.24) is 4.98 Å². The third-order valence-corrected chi connectivity index (χ3v) is 8.59. The lowest BCUT2D eigenvalue weighted by molar-refractivity contribution is 0.613. The Labute approximate surface area is 202 Å². The van der Waals surface area contributed by atoms with Crippen molar-refractivity contribution in [2.24, 2.45) is 0 Å². The van der Waals surface area contributed by atoms with Crippen molar-refractivity contribution in [3.05, 3.63) is 89.6 Å². The van der Waals surface area contributed by atoms with Gasteiger partial charge >= 0.3 is 0 Å². The lowest BCUT2D eigenvalue weighted by Crippen LogP contribution is -2.16. The van der Waals surface area contributed by atoms with E-state index in [0.29, 0.717) is 5.92 Å². The van der Waals surface area contributed by atoms with E-state index >= 15 is 0 Å². The van der Waals surface area contributed by atoms with Crippen LogP contribution in [0, 0.1) is 0 Å². The summed E-state index contributed by atoms with van der Waals surface area (Å²) in [6.07, 6.45) is 2.04. The van der Waals surface area contributed by atoms with Crippen molar-refractivity contribution >= 4 is 42.5 Å². The number of hydrogen-bond acceptors (Lipinski definition) is 3. The van der Waals surface area contributed by atoms with Gasteiger partial charge in [-0.1, -0.05) is 82.3 Å². The number of furan rings is 1. The minimum atomic E-state index is -0.185. The van der Waals surface area contributed by atoms with E-state index in [0.717, 1.165) is 17.0 Å². The molecule has 0 fully saturated rings. The molecule has 3 heterocycles. The summed E-state index contributed by atoms with van der Waals surface area (Å²) in [5.41, 5.74) is 8.16. The standard InChI is InChI=1S/C31H25NOS/c1-17(2)18-10-7-13-22-28-30(33-29(18)22)21-12-8-11-20(27(21)31(28,3)4)24-15-23-19-9-5-6-14-25(19)34-26(23)16-32-24/h5-17H,1-4H3. The molecule has 0 atom stereocenters. The van der Waals surface area contributed by atoms with Crippen LogP contribution in [-0.2, 0) is 5.41 Å². The molecule has 0 bridgehead atoms. The number of hydrogen-bond donors (Lipinski definition) is 0. The zero-order valence-electron chi connectivity index (χ0n) is 19.8. The summed E-state index contributed by atoms with van der Waals surface area (Å²) >= 11 is 1.81. The van der Waals surface area contributed by atoms with Crippen molar-refractivity contribution in [2.45, 2.75) is 39.0 Å². The molecule has 3 aromatic heterocycles. The highest BCUT2D eigenvalue weighted by Gasteiger charge is 2.42. The van der Waals surface area contributed by atoms with E-state index in [9.17, 15) is 0 Å². The van der Waals surface area contributed by atoms with Gasteiger partial charge in [-0.15, -0.1) is 11.3 Å². The number of rotatable bonds is 2. The van der Waals surface area contributed by atoms with Gasteiger partial charge < -0.3 is 4.42 Å². The first-order valence-electron chi connectivity index (χ1n) is 11.9. The highest BCUT2D eigenvalue weighted by Crippen LogP contribution is 2.56. The quantitative estimate of drug-likeness (QED) is 0.258. The number of aromatic nitrogens is 1. The fourth-order valence-corrected chi connectivity index (χ4v) is 6.99. The van der Waals surface area contributed by atoms with Crippen molar-refractivity contribution in [3.8, 4) is 22.6 Å². The number of nitrogens with zero attached hydrogens (tertiary/aromatic N) is 1. The molecule has 0 saturated carbocycles. The molecule has 0 N–H and O–H groups in total. The molecule has 0 unspecified atom stereocenters. The van der Waals surface area contributed by atoms with Gasteiger partial charge in [0.1, 0.15) is 11.3 Å². The number of benzene rings is 3. The average Bonchev–Trinajstić information content (AvgIpc) is 3.47. The zero-order valence-corrected chi connectivity index (χ0v) is 20.6. The molecule has 0 spiro atoms. The Morgan fingerprint density at radius 1 is 0.794 bits per heavy atom. The predicted molar refractivity (Wildman–Crippen MR) is 144 cm³/mol. The summed E-state index contributed by atoms with van der Waals surface area (Å²) in [7, 11) is 0. The predicted octanol–water partition coefficient (Wildman–Crippen LogP) is 9.29. The maximum Gasteiger partial charge on any atom is 0.139 e. The summed E-state index contributed by atoms with van der Waals surface area (Å²) in [5, 5.41) is 3.82. The Hall–Kier alpha value is -3.43. The van der Waals surface area contributed by atoms with E-state index < -0.39 is 0 Å². The van der Waals surface area contributed by atoms with Crippen LogP contribution in [0.2, 0.25) is 0 Å². The fourth-order valence-electron chi connectivity index (χ4n) is 5.94. The van der Waals surface area contributed by atoms with Gasteiger partial charge in [0.05, 0.1) is 10.4 Å². The zero-order chi connectivity index (χ0) is 23.2. The van der Waals surface area contributed by atoms with E-state index in [-0.39, 0.29) is 5.41 Å². The van der Waals surface area contributed by atoms with E-state index in [4.69, 9.17) is 9.40 Å². The van der Waals surface area contributed by atoms with Crippen LogP contribution in [0.4, 0.5) is 0 Å². The normalized spacial score (nSPS) is 14.4. The lowest BCUT2D eigenvalue weighted by atomic mass is 9.78. The summed E-state index contributed by atoms with van der Waals surface area (Å²) < 4.78 is 9.19. The van der Waals surface area contributed by atoms with Crippen LogP contribution in [0.1, 0.15) is 50.3 Å². The van der Waals surface area contributed by atoms with Crippen LogP contribution in [0.15, 0.2) is 77.3 Å². The molecule has 2 nitrogen and oxygen atoms in total. The first-order valence-corrected chi connectivity index (χ1v) is 12.7. The van der Waals surface area contributed by atoms with Gasteiger partial charge in [-0.3, -0.25) is 4.98 Å². The molecule has 3 aromatic carbocycles. The van der Waals surface area contributed by atoms with Crippen LogP contribution < -0.4 is 0 Å². The summed E-state index contributed by atoms with van der Waals surface area (Å²) in [6, 6.07) is 24.1. The summed E-state index contributed by atoms with van der Waals surface area (Å²) in [6.45, 7) is 9.12. The Morgan fingerprint density at radius 2 is 1.56 bits per heavy atom. The fraction of sp³-hybridized carbons (Fsp3) is 0.194. The molecule has 0 saturated heterocycles. The average molecular weight is 460 g/mol. The van der Waals surface area contributed by atoms with Crippen molar-refractivity contribution in [1.29, 1.82) is 0 Å². The van der Waals surface area contributed by atoms with Crippen molar-refractivity contribution in [3.63, 3.8) is 0 Å². The Balaban J connectivity index is 1.49. The highest BCUT2D eigenvalue weighted by molar-refractivity contribution is 7.25. The monoisotopic (exact) mass is 459 g/mol. The van der Waals surface area contributed by atoms with E-state index in [1.807, 2.05) is 17.5 Å². The highest BCUT2D eigenvalue weighted by atomic mass is 32.1. The smallest absolute Gasteiger partial charge is 0.139 e. The van der Waals surface area contributed by atoms with Gasteiger partial charge in [-0.2, -0.15) is 0 Å². The minimum Gasteiger partial charge on any atom is -0.455 e. The molecule has 0 amide bonds. The molecular formula is C31H25NOS. The lowest BCUT2D eigenvalue weighted by Gasteiger charge is -2.24. The molecule has 6 aromatic rings. The van der Waals surface area contributed by atoms with Crippen LogP contribution in [0.25, 0.3) is 53.7 Å². The second-order valence-corrected chi connectivity index (χ2v) is 11.3. The van der Waals surface area contributed by atoms with Crippen LogP contribution in [0.3, 0.4) is 0 Å². The molecule has 34 heavy (non-hydrogen) atoms. The van der Waals surface area contributed by atoms with Gasteiger partial charge in [0, 0.05) is 49.2 Å². The Kier molecular flexibility index (Phi) is 4.00. The van der Waals surface area contributed by atoms with Gasteiger partial charge in [-0.05, 0) is 29.2 Å². The molecule has 1 aliphatic carbocycles. The van der Waals surface area contributed by atoms with Crippen LogP contribution in [0.5, 0.6) is 0 Å². The van der Waals surface area contributed by atoms with Gasteiger partial charge in [-0.25, -0.2) is 0 Å². The second kappa shape index (κ2) is 6.80.